The molecule has 0 saturated heterocycles. The van der Waals surface area contributed by atoms with Crippen LogP contribution in [0.5, 0.6) is 0 Å². The molecule has 3 aromatic carbocycles. The number of hydrogen-bond acceptors (Lipinski definition) is 7. The molecule has 0 atom stereocenters. The zero-order valence-electron chi connectivity index (χ0n) is 25.4. The van der Waals surface area contributed by atoms with E-state index in [4.69, 9.17) is 5.10 Å². The third-order valence-electron chi connectivity index (χ3n) is 7.75. The van der Waals surface area contributed by atoms with E-state index in [2.05, 4.69) is 16.0 Å². The van der Waals surface area contributed by atoms with E-state index < -0.39 is 14.9 Å². The number of fused-ring (bicyclic) bond motifs is 1. The molecule has 0 radical (unpaired) electrons. The van der Waals surface area contributed by atoms with Gasteiger partial charge in [0.25, 0.3) is 15.7 Å². The molecule has 0 spiro atoms. The van der Waals surface area contributed by atoms with Gasteiger partial charge in [-0.2, -0.15) is 5.10 Å². The van der Waals surface area contributed by atoms with Gasteiger partial charge in [0, 0.05) is 59.7 Å². The molecule has 0 amide bonds. The van der Waals surface area contributed by atoms with Crippen molar-refractivity contribution >= 4 is 26.7 Å². The standard InChI is InChI=1S/C34H32N6O4S/c1-5-38-22-31(33(36-38)25-13-15-26(16-14-25)40(41)42)28-17-18-35-34-30(28)20-32(29-19-24(21-37(3)4)12-11-23(29)2)39(34)45(43,44)27-9-7-6-8-10-27/h6-20,22H,5,21H2,1-4H3. The van der Waals surface area contributed by atoms with Crippen molar-refractivity contribution in [2.24, 2.45) is 0 Å². The molecule has 3 aromatic heterocycles. The lowest BCUT2D eigenvalue weighted by Gasteiger charge is -2.15. The van der Waals surface area contributed by atoms with Gasteiger partial charge >= 0.3 is 0 Å². The number of non-ortho nitro benzene ring substituents is 1. The van der Waals surface area contributed by atoms with Crippen LogP contribution in [-0.4, -0.2) is 51.1 Å². The van der Waals surface area contributed by atoms with E-state index in [-0.39, 0.29) is 10.6 Å². The maximum atomic E-state index is 14.4. The van der Waals surface area contributed by atoms with Gasteiger partial charge in [0.15, 0.2) is 5.65 Å². The van der Waals surface area contributed by atoms with Crippen molar-refractivity contribution in [1.29, 1.82) is 0 Å². The number of rotatable bonds is 9. The number of pyridine rings is 1. The van der Waals surface area contributed by atoms with Crippen molar-refractivity contribution in [3.8, 4) is 33.6 Å². The minimum atomic E-state index is -4.07. The Morgan fingerprint density at radius 3 is 2.31 bits per heavy atom. The topological polar surface area (TPSA) is 116 Å². The average molecular weight is 621 g/mol. The molecule has 6 rings (SSSR count). The first-order valence-electron chi connectivity index (χ1n) is 14.5. The molecule has 0 fully saturated rings. The van der Waals surface area contributed by atoms with E-state index in [1.54, 1.807) is 53.3 Å². The van der Waals surface area contributed by atoms with Crippen LogP contribution in [0.2, 0.25) is 0 Å². The molecular formula is C34H32N6O4S. The maximum absolute atomic E-state index is 14.4. The lowest BCUT2D eigenvalue weighted by Crippen LogP contribution is -2.15. The van der Waals surface area contributed by atoms with Gasteiger partial charge in [0.2, 0.25) is 0 Å². The van der Waals surface area contributed by atoms with E-state index >= 15 is 0 Å². The van der Waals surface area contributed by atoms with Crippen LogP contribution < -0.4 is 0 Å². The van der Waals surface area contributed by atoms with Crippen molar-refractivity contribution in [2.75, 3.05) is 14.1 Å². The van der Waals surface area contributed by atoms with Crippen LogP contribution in [0.25, 0.3) is 44.7 Å². The van der Waals surface area contributed by atoms with E-state index in [1.165, 1.54) is 16.1 Å². The Hall–Kier alpha value is -5.13. The first kappa shape index (κ1) is 29.9. The summed E-state index contributed by atoms with van der Waals surface area (Å²) < 4.78 is 31.9. The maximum Gasteiger partial charge on any atom is 0.269 e. The van der Waals surface area contributed by atoms with Crippen molar-refractivity contribution in [2.45, 2.75) is 31.8 Å². The van der Waals surface area contributed by atoms with Gasteiger partial charge in [0.05, 0.1) is 15.5 Å². The summed E-state index contributed by atoms with van der Waals surface area (Å²) in [5, 5.41) is 16.7. The van der Waals surface area contributed by atoms with E-state index in [0.717, 1.165) is 27.8 Å². The Bertz CT molecular complexity index is 2150. The second-order valence-corrected chi connectivity index (χ2v) is 12.9. The Kier molecular flexibility index (Phi) is 7.81. The zero-order chi connectivity index (χ0) is 31.9. The molecule has 10 nitrogen and oxygen atoms in total. The number of aryl methyl sites for hydroxylation is 2. The lowest BCUT2D eigenvalue weighted by molar-refractivity contribution is -0.384. The van der Waals surface area contributed by atoms with Gasteiger partial charge in [0.1, 0.15) is 5.69 Å². The summed E-state index contributed by atoms with van der Waals surface area (Å²) in [5.74, 6) is 0. The zero-order valence-corrected chi connectivity index (χ0v) is 26.2. The summed E-state index contributed by atoms with van der Waals surface area (Å²) in [6.45, 7) is 5.24. The Morgan fingerprint density at radius 1 is 0.911 bits per heavy atom. The fourth-order valence-corrected chi connectivity index (χ4v) is 7.08. The number of aromatic nitrogens is 4. The fraction of sp³-hybridized carbons (Fsp3) is 0.176. The molecule has 11 heteroatoms. The number of benzene rings is 3. The first-order valence-corrected chi connectivity index (χ1v) is 15.9. The van der Waals surface area contributed by atoms with Crippen LogP contribution in [0, 0.1) is 17.0 Å². The van der Waals surface area contributed by atoms with Gasteiger partial charge in [-0.1, -0.05) is 30.3 Å². The average Bonchev–Trinajstić information content (AvgIpc) is 3.65. The summed E-state index contributed by atoms with van der Waals surface area (Å²) in [6, 6.07) is 24.5. The van der Waals surface area contributed by atoms with Gasteiger partial charge in [-0.15, -0.1) is 0 Å². The largest absolute Gasteiger partial charge is 0.305 e. The van der Waals surface area contributed by atoms with Crippen LogP contribution >= 0.6 is 0 Å². The quantitative estimate of drug-likeness (QED) is 0.129. The number of nitrogens with zero attached hydrogens (tertiary/aromatic N) is 6. The number of nitro benzene ring substituents is 1. The second-order valence-electron chi connectivity index (χ2n) is 11.1. The number of hydrogen-bond donors (Lipinski definition) is 0. The number of nitro groups is 1. The van der Waals surface area contributed by atoms with Gasteiger partial charge in [-0.05, 0) is 87.1 Å². The van der Waals surface area contributed by atoms with Crippen molar-refractivity contribution in [3.05, 3.63) is 119 Å². The van der Waals surface area contributed by atoms with Gasteiger partial charge in [-0.3, -0.25) is 14.8 Å². The van der Waals surface area contributed by atoms with Crippen molar-refractivity contribution in [3.63, 3.8) is 0 Å². The van der Waals surface area contributed by atoms with Crippen LogP contribution in [0.3, 0.4) is 0 Å². The van der Waals surface area contributed by atoms with Crippen molar-refractivity contribution < 1.29 is 13.3 Å². The van der Waals surface area contributed by atoms with Crippen LogP contribution in [0.15, 0.2) is 102 Å². The molecular weight excluding hydrogens is 588 g/mol. The smallest absolute Gasteiger partial charge is 0.269 e. The molecule has 228 valence electrons. The molecule has 0 saturated carbocycles. The monoisotopic (exact) mass is 620 g/mol. The van der Waals surface area contributed by atoms with Gasteiger partial charge in [-0.25, -0.2) is 17.4 Å². The Morgan fingerprint density at radius 2 is 1.64 bits per heavy atom. The minimum absolute atomic E-state index is 0.0128. The SMILES string of the molecule is CCn1cc(-c2ccnc3c2cc(-c2cc(CN(C)C)ccc2C)n3S(=O)(=O)c2ccccc2)c(-c2ccc([N+](=O)[O-])cc2)n1. The Balaban J connectivity index is 1.65. The molecule has 3 heterocycles. The summed E-state index contributed by atoms with van der Waals surface area (Å²) in [5.41, 5.74) is 6.40. The molecule has 0 unspecified atom stereocenters. The summed E-state index contributed by atoms with van der Waals surface area (Å²) >= 11 is 0. The van der Waals surface area contributed by atoms with Crippen molar-refractivity contribution in [1.82, 2.24) is 23.6 Å². The van der Waals surface area contributed by atoms with Crippen LogP contribution in [0.4, 0.5) is 5.69 Å². The minimum Gasteiger partial charge on any atom is -0.305 e. The molecule has 0 bridgehead atoms. The van der Waals surface area contributed by atoms with E-state index in [1.807, 2.05) is 58.4 Å². The normalized spacial score (nSPS) is 11.8. The van der Waals surface area contributed by atoms with Crippen LogP contribution in [0.1, 0.15) is 18.1 Å². The predicted molar refractivity (Wildman–Crippen MR) is 175 cm³/mol. The predicted octanol–water partition coefficient (Wildman–Crippen LogP) is 6.77. The third kappa shape index (κ3) is 5.52. The third-order valence-corrected chi connectivity index (χ3v) is 9.47. The second kappa shape index (κ2) is 11.8. The fourth-order valence-electron chi connectivity index (χ4n) is 5.58. The molecule has 0 aliphatic heterocycles. The summed E-state index contributed by atoms with van der Waals surface area (Å²) in [7, 11) is -0.0850. The Labute approximate surface area is 261 Å². The highest BCUT2D eigenvalue weighted by molar-refractivity contribution is 7.90. The summed E-state index contributed by atoms with van der Waals surface area (Å²) in [6.07, 6.45) is 3.52. The molecule has 0 aliphatic carbocycles. The van der Waals surface area contributed by atoms with Gasteiger partial charge < -0.3 is 4.90 Å². The van der Waals surface area contributed by atoms with Crippen LogP contribution in [-0.2, 0) is 23.1 Å². The molecule has 0 aliphatic rings. The first-order chi connectivity index (χ1) is 21.6. The van der Waals surface area contributed by atoms with E-state index in [9.17, 15) is 18.5 Å². The molecule has 6 aromatic rings. The highest BCUT2D eigenvalue weighted by Crippen LogP contribution is 2.40. The summed E-state index contributed by atoms with van der Waals surface area (Å²) in [4.78, 5) is 17.7. The lowest BCUT2D eigenvalue weighted by atomic mass is 9.99. The molecule has 45 heavy (non-hydrogen) atoms. The highest BCUT2D eigenvalue weighted by Gasteiger charge is 2.28. The van der Waals surface area contributed by atoms with E-state index in [0.29, 0.717) is 41.1 Å². The highest BCUT2D eigenvalue weighted by atomic mass is 32.2. The molecule has 0 N–H and O–H groups in total.